The topological polar surface area (TPSA) is 111 Å². The number of nitro benzene ring substituents is 1. The highest BCUT2D eigenvalue weighted by atomic mass is 16.6. The lowest BCUT2D eigenvalue weighted by atomic mass is 10.1. The molecule has 0 unspecified atom stereocenters. The lowest BCUT2D eigenvalue weighted by Crippen LogP contribution is -2.15. The van der Waals surface area contributed by atoms with E-state index in [1.54, 1.807) is 42.5 Å². The molecule has 0 saturated carbocycles. The maximum atomic E-state index is 12.2. The van der Waals surface area contributed by atoms with Crippen LogP contribution in [0.25, 0.3) is 11.5 Å². The Morgan fingerprint density at radius 3 is 2.79 bits per heavy atom. The van der Waals surface area contributed by atoms with Gasteiger partial charge in [0.05, 0.1) is 11.3 Å². The minimum absolute atomic E-state index is 0.0766. The number of hydrogen-bond acceptors (Lipinski definition) is 6. The minimum Gasteiger partial charge on any atom is -0.423 e. The highest BCUT2D eigenvalue weighted by molar-refractivity contribution is 5.93. The highest BCUT2D eigenvalue weighted by Gasteiger charge is 2.15. The summed E-state index contributed by atoms with van der Waals surface area (Å²) in [6.07, 6.45) is 1.12. The average molecular weight is 324 g/mol. The second kappa shape index (κ2) is 6.69. The Bertz CT molecular complexity index is 877. The Morgan fingerprint density at radius 1 is 1.21 bits per heavy atom. The van der Waals surface area contributed by atoms with E-state index in [1.807, 2.05) is 0 Å². The van der Waals surface area contributed by atoms with Crippen molar-refractivity contribution < 1.29 is 14.1 Å². The van der Waals surface area contributed by atoms with Gasteiger partial charge in [-0.3, -0.25) is 14.9 Å². The van der Waals surface area contributed by atoms with Crippen LogP contribution in [-0.4, -0.2) is 21.0 Å². The molecule has 0 bridgehead atoms. The van der Waals surface area contributed by atoms with Gasteiger partial charge in [-0.05, 0) is 18.2 Å². The average Bonchev–Trinajstić information content (AvgIpc) is 3.10. The predicted molar refractivity (Wildman–Crippen MR) is 85.2 cm³/mol. The molecule has 0 aliphatic rings. The first-order valence-corrected chi connectivity index (χ1v) is 7.02. The van der Waals surface area contributed by atoms with Crippen molar-refractivity contribution in [1.82, 2.24) is 10.2 Å². The largest absolute Gasteiger partial charge is 0.423 e. The third kappa shape index (κ3) is 3.43. The van der Waals surface area contributed by atoms with Gasteiger partial charge in [0, 0.05) is 22.9 Å². The lowest BCUT2D eigenvalue weighted by Gasteiger charge is -2.06. The van der Waals surface area contributed by atoms with Gasteiger partial charge in [0.2, 0.25) is 18.2 Å². The molecule has 0 spiro atoms. The number of amides is 1. The van der Waals surface area contributed by atoms with Crippen molar-refractivity contribution in [3.8, 4) is 11.5 Å². The van der Waals surface area contributed by atoms with E-state index >= 15 is 0 Å². The van der Waals surface area contributed by atoms with Crippen molar-refractivity contribution in [2.75, 3.05) is 5.32 Å². The fraction of sp³-hybridized carbons (Fsp3) is 0.0625. The summed E-state index contributed by atoms with van der Waals surface area (Å²) in [6, 6.07) is 13.1. The SMILES string of the molecule is O=C(Cc1ccccc1[N+](=O)[O-])Nc1cccc(-c2nnco2)c1. The molecule has 0 fully saturated rings. The fourth-order valence-electron chi connectivity index (χ4n) is 2.25. The number of benzene rings is 2. The first-order chi connectivity index (χ1) is 11.6. The summed E-state index contributed by atoms with van der Waals surface area (Å²) >= 11 is 0. The Balaban J connectivity index is 1.74. The van der Waals surface area contributed by atoms with E-state index in [-0.39, 0.29) is 18.0 Å². The molecule has 24 heavy (non-hydrogen) atoms. The molecule has 0 saturated heterocycles. The van der Waals surface area contributed by atoms with Crippen LogP contribution in [0.3, 0.4) is 0 Å². The lowest BCUT2D eigenvalue weighted by molar-refractivity contribution is -0.385. The molecule has 1 N–H and O–H groups in total. The zero-order valence-electron chi connectivity index (χ0n) is 12.4. The van der Waals surface area contributed by atoms with Gasteiger partial charge < -0.3 is 9.73 Å². The molecule has 8 nitrogen and oxygen atoms in total. The van der Waals surface area contributed by atoms with Crippen LogP contribution in [0.4, 0.5) is 11.4 Å². The summed E-state index contributed by atoms with van der Waals surface area (Å²) in [7, 11) is 0. The zero-order valence-corrected chi connectivity index (χ0v) is 12.4. The van der Waals surface area contributed by atoms with Crippen molar-refractivity contribution in [2.24, 2.45) is 0 Å². The molecule has 0 aliphatic carbocycles. The van der Waals surface area contributed by atoms with Crippen LogP contribution in [0.15, 0.2) is 59.3 Å². The number of anilines is 1. The first kappa shape index (κ1) is 15.3. The van der Waals surface area contributed by atoms with Gasteiger partial charge in [-0.1, -0.05) is 24.3 Å². The Hall–Kier alpha value is -3.55. The molecule has 2 aromatic carbocycles. The summed E-state index contributed by atoms with van der Waals surface area (Å²) in [5.74, 6) is -0.0169. The normalized spacial score (nSPS) is 10.3. The molecule has 8 heteroatoms. The van der Waals surface area contributed by atoms with Gasteiger partial charge in [0.1, 0.15) is 0 Å². The number of carbonyl (C=O) groups excluding carboxylic acids is 1. The van der Waals surface area contributed by atoms with Gasteiger partial charge in [-0.25, -0.2) is 0 Å². The number of nitro groups is 1. The van der Waals surface area contributed by atoms with E-state index < -0.39 is 4.92 Å². The van der Waals surface area contributed by atoms with Crippen molar-refractivity contribution in [3.63, 3.8) is 0 Å². The molecule has 0 radical (unpaired) electrons. The summed E-state index contributed by atoms with van der Waals surface area (Å²) in [4.78, 5) is 22.7. The smallest absolute Gasteiger partial charge is 0.273 e. The Labute approximate surface area is 136 Å². The summed E-state index contributed by atoms with van der Waals surface area (Å²) in [6.45, 7) is 0. The fourth-order valence-corrected chi connectivity index (χ4v) is 2.25. The second-order valence-corrected chi connectivity index (χ2v) is 4.94. The van der Waals surface area contributed by atoms with Gasteiger partial charge in [-0.15, -0.1) is 10.2 Å². The Morgan fingerprint density at radius 2 is 2.04 bits per heavy atom. The maximum absolute atomic E-state index is 12.2. The molecule has 3 rings (SSSR count). The predicted octanol–water partition coefficient (Wildman–Crippen LogP) is 2.83. The molecule has 0 atom stereocenters. The van der Waals surface area contributed by atoms with Crippen molar-refractivity contribution in [1.29, 1.82) is 0 Å². The molecule has 0 aliphatic heterocycles. The van der Waals surface area contributed by atoms with Crippen molar-refractivity contribution >= 4 is 17.3 Å². The van der Waals surface area contributed by atoms with E-state index in [1.165, 1.54) is 12.5 Å². The van der Waals surface area contributed by atoms with E-state index in [0.717, 1.165) is 0 Å². The number of nitrogens with zero attached hydrogens (tertiary/aromatic N) is 3. The van der Waals surface area contributed by atoms with Gasteiger partial charge >= 0.3 is 0 Å². The quantitative estimate of drug-likeness (QED) is 0.570. The van der Waals surface area contributed by atoms with Crippen molar-refractivity contribution in [3.05, 3.63) is 70.6 Å². The van der Waals surface area contributed by atoms with Crippen LogP contribution >= 0.6 is 0 Å². The molecule has 1 aromatic heterocycles. The molecule has 1 heterocycles. The summed E-state index contributed by atoms with van der Waals surface area (Å²) in [5.41, 5.74) is 1.48. The molecule has 1 amide bonds. The van der Waals surface area contributed by atoms with Gasteiger partial charge in [0.25, 0.3) is 5.69 Å². The van der Waals surface area contributed by atoms with Crippen LogP contribution in [0.5, 0.6) is 0 Å². The number of para-hydroxylation sites is 1. The van der Waals surface area contributed by atoms with Gasteiger partial charge in [0.15, 0.2) is 0 Å². The van der Waals surface area contributed by atoms with E-state index in [0.29, 0.717) is 22.7 Å². The van der Waals surface area contributed by atoms with E-state index in [4.69, 9.17) is 4.42 Å². The monoisotopic (exact) mass is 324 g/mol. The number of hydrogen-bond donors (Lipinski definition) is 1. The summed E-state index contributed by atoms with van der Waals surface area (Å²) < 4.78 is 5.11. The minimum atomic E-state index is -0.501. The molecule has 3 aromatic rings. The third-order valence-electron chi connectivity index (χ3n) is 3.29. The number of nitrogens with one attached hydrogen (secondary N) is 1. The second-order valence-electron chi connectivity index (χ2n) is 4.94. The van der Waals surface area contributed by atoms with E-state index in [9.17, 15) is 14.9 Å². The first-order valence-electron chi connectivity index (χ1n) is 7.02. The number of rotatable bonds is 5. The van der Waals surface area contributed by atoms with Gasteiger partial charge in [-0.2, -0.15) is 0 Å². The van der Waals surface area contributed by atoms with Crippen LogP contribution in [-0.2, 0) is 11.2 Å². The van der Waals surface area contributed by atoms with Crippen molar-refractivity contribution in [2.45, 2.75) is 6.42 Å². The van der Waals surface area contributed by atoms with Crippen LogP contribution < -0.4 is 5.32 Å². The maximum Gasteiger partial charge on any atom is 0.273 e. The Kier molecular flexibility index (Phi) is 4.28. The highest BCUT2D eigenvalue weighted by Crippen LogP contribution is 2.22. The zero-order chi connectivity index (χ0) is 16.9. The molecular weight excluding hydrogens is 312 g/mol. The van der Waals surface area contributed by atoms with E-state index in [2.05, 4.69) is 15.5 Å². The van der Waals surface area contributed by atoms with Crippen LogP contribution in [0.2, 0.25) is 0 Å². The van der Waals surface area contributed by atoms with Crippen LogP contribution in [0.1, 0.15) is 5.56 Å². The molecular formula is C16H12N4O4. The van der Waals surface area contributed by atoms with Crippen LogP contribution in [0, 0.1) is 10.1 Å². The summed E-state index contributed by atoms with van der Waals surface area (Å²) in [5, 5.41) is 21.1. The number of aromatic nitrogens is 2. The number of carbonyl (C=O) groups is 1. The standard InChI is InChI=1S/C16H12N4O4/c21-15(9-11-4-1-2-7-14(11)20(22)23)18-13-6-3-5-12(8-13)16-19-17-10-24-16/h1-8,10H,9H2,(H,18,21). The molecule has 120 valence electrons. The third-order valence-corrected chi connectivity index (χ3v) is 3.29.